The van der Waals surface area contributed by atoms with Crippen LogP contribution >= 0.6 is 0 Å². The topological polar surface area (TPSA) is 24.5 Å². The molecular weight excluding hydrogens is 284 g/mol. The van der Waals surface area contributed by atoms with E-state index in [4.69, 9.17) is 4.74 Å². The number of hydrogen-bond acceptors (Lipinski definition) is 3. The van der Waals surface area contributed by atoms with Gasteiger partial charge < -0.3 is 10.1 Å². The standard InChI is InChI=1S/C20H28N2O/c1-3-4-9-19(22-14-12-21-13-15-22)17-10-11-20(23-2)18-8-6-5-7-16(17)18/h5-8,10-11,19,21H,3-4,9,12-15H2,1-2H3/t19-/m0/s1. The van der Waals surface area contributed by atoms with E-state index in [1.807, 2.05) is 0 Å². The lowest BCUT2D eigenvalue weighted by Gasteiger charge is -2.36. The Morgan fingerprint density at radius 2 is 1.83 bits per heavy atom. The average molecular weight is 312 g/mol. The molecule has 3 rings (SSSR count). The number of methoxy groups -OCH3 is 1. The van der Waals surface area contributed by atoms with E-state index in [0.717, 1.165) is 31.9 Å². The maximum atomic E-state index is 5.57. The molecule has 0 saturated carbocycles. The van der Waals surface area contributed by atoms with Gasteiger partial charge >= 0.3 is 0 Å². The predicted molar refractivity (Wildman–Crippen MR) is 97.2 cm³/mol. The molecule has 1 N–H and O–H groups in total. The average Bonchev–Trinajstić information content (AvgIpc) is 2.63. The Labute approximate surface area is 139 Å². The minimum Gasteiger partial charge on any atom is -0.496 e. The zero-order valence-corrected chi connectivity index (χ0v) is 14.3. The van der Waals surface area contributed by atoms with Gasteiger partial charge in [-0.25, -0.2) is 0 Å². The monoisotopic (exact) mass is 312 g/mol. The molecule has 1 atom stereocenters. The van der Waals surface area contributed by atoms with Crippen molar-refractivity contribution in [3.8, 4) is 5.75 Å². The first-order valence-electron chi connectivity index (χ1n) is 8.85. The van der Waals surface area contributed by atoms with Crippen molar-refractivity contribution in [1.82, 2.24) is 10.2 Å². The van der Waals surface area contributed by atoms with E-state index in [0.29, 0.717) is 6.04 Å². The summed E-state index contributed by atoms with van der Waals surface area (Å²) in [6.45, 7) is 6.73. The van der Waals surface area contributed by atoms with Gasteiger partial charge in [-0.2, -0.15) is 0 Å². The van der Waals surface area contributed by atoms with Crippen molar-refractivity contribution in [2.75, 3.05) is 33.3 Å². The normalized spacial score (nSPS) is 17.3. The van der Waals surface area contributed by atoms with Gasteiger partial charge in [0, 0.05) is 37.6 Å². The Balaban J connectivity index is 2.02. The van der Waals surface area contributed by atoms with Crippen molar-refractivity contribution in [3.05, 3.63) is 42.0 Å². The molecule has 23 heavy (non-hydrogen) atoms. The molecule has 0 amide bonds. The third-order valence-electron chi connectivity index (χ3n) is 4.92. The minimum absolute atomic E-state index is 0.507. The van der Waals surface area contributed by atoms with E-state index < -0.39 is 0 Å². The molecule has 0 unspecified atom stereocenters. The number of nitrogens with zero attached hydrogens (tertiary/aromatic N) is 1. The van der Waals surface area contributed by atoms with E-state index >= 15 is 0 Å². The van der Waals surface area contributed by atoms with Crippen molar-refractivity contribution in [3.63, 3.8) is 0 Å². The minimum atomic E-state index is 0.507. The van der Waals surface area contributed by atoms with Crippen LogP contribution in [-0.2, 0) is 0 Å². The summed E-state index contributed by atoms with van der Waals surface area (Å²) in [7, 11) is 1.76. The highest BCUT2D eigenvalue weighted by molar-refractivity contribution is 5.91. The molecule has 124 valence electrons. The lowest BCUT2D eigenvalue weighted by Crippen LogP contribution is -2.45. The van der Waals surface area contributed by atoms with Crippen molar-refractivity contribution in [2.24, 2.45) is 0 Å². The van der Waals surface area contributed by atoms with E-state index in [2.05, 4.69) is 53.5 Å². The Morgan fingerprint density at radius 1 is 1.09 bits per heavy atom. The van der Waals surface area contributed by atoms with E-state index in [9.17, 15) is 0 Å². The van der Waals surface area contributed by atoms with Crippen LogP contribution in [0.4, 0.5) is 0 Å². The predicted octanol–water partition coefficient (Wildman–Crippen LogP) is 3.98. The SMILES string of the molecule is CCCC[C@@H](c1ccc(OC)c2ccccc12)N1CCNCC1. The van der Waals surface area contributed by atoms with Gasteiger partial charge in [0.25, 0.3) is 0 Å². The fourth-order valence-electron chi connectivity index (χ4n) is 3.69. The first kappa shape index (κ1) is 16.3. The Hall–Kier alpha value is -1.58. The van der Waals surface area contributed by atoms with Gasteiger partial charge in [-0.05, 0) is 23.4 Å². The first-order valence-corrected chi connectivity index (χ1v) is 8.85. The Morgan fingerprint density at radius 3 is 2.52 bits per heavy atom. The number of nitrogens with one attached hydrogen (secondary N) is 1. The number of benzene rings is 2. The third kappa shape index (κ3) is 3.51. The summed E-state index contributed by atoms with van der Waals surface area (Å²) in [5.74, 6) is 0.971. The molecule has 1 aliphatic rings. The number of unbranched alkanes of at least 4 members (excludes halogenated alkanes) is 1. The van der Waals surface area contributed by atoms with Crippen LogP contribution in [0.25, 0.3) is 10.8 Å². The highest BCUT2D eigenvalue weighted by Gasteiger charge is 2.23. The maximum Gasteiger partial charge on any atom is 0.126 e. The summed E-state index contributed by atoms with van der Waals surface area (Å²) >= 11 is 0. The summed E-state index contributed by atoms with van der Waals surface area (Å²) < 4.78 is 5.57. The molecule has 0 spiro atoms. The molecule has 1 saturated heterocycles. The van der Waals surface area contributed by atoms with Gasteiger partial charge in [-0.15, -0.1) is 0 Å². The molecule has 2 aromatic rings. The highest BCUT2D eigenvalue weighted by atomic mass is 16.5. The van der Waals surface area contributed by atoms with Crippen LogP contribution in [0.1, 0.15) is 37.8 Å². The molecule has 0 bridgehead atoms. The molecular formula is C20H28N2O. The molecule has 3 heteroatoms. The van der Waals surface area contributed by atoms with E-state index in [-0.39, 0.29) is 0 Å². The second kappa shape index (κ2) is 7.80. The van der Waals surface area contributed by atoms with Crippen LogP contribution in [0.2, 0.25) is 0 Å². The Kier molecular flexibility index (Phi) is 5.52. The lowest BCUT2D eigenvalue weighted by molar-refractivity contribution is 0.164. The third-order valence-corrected chi connectivity index (χ3v) is 4.92. The van der Waals surface area contributed by atoms with Gasteiger partial charge in [0.1, 0.15) is 5.75 Å². The zero-order chi connectivity index (χ0) is 16.1. The number of hydrogen-bond donors (Lipinski definition) is 1. The molecule has 3 nitrogen and oxygen atoms in total. The first-order chi connectivity index (χ1) is 11.3. The van der Waals surface area contributed by atoms with Crippen LogP contribution in [-0.4, -0.2) is 38.2 Å². The summed E-state index contributed by atoms with van der Waals surface area (Å²) in [5.41, 5.74) is 1.46. The summed E-state index contributed by atoms with van der Waals surface area (Å²) in [6, 6.07) is 13.6. The van der Waals surface area contributed by atoms with Gasteiger partial charge in [0.05, 0.1) is 7.11 Å². The zero-order valence-electron chi connectivity index (χ0n) is 14.3. The van der Waals surface area contributed by atoms with Gasteiger partial charge in [0.2, 0.25) is 0 Å². The van der Waals surface area contributed by atoms with Crippen LogP contribution in [0.15, 0.2) is 36.4 Å². The summed E-state index contributed by atoms with van der Waals surface area (Å²) in [6.07, 6.45) is 3.75. The highest BCUT2D eigenvalue weighted by Crippen LogP contribution is 2.36. The second-order valence-electron chi connectivity index (χ2n) is 6.35. The van der Waals surface area contributed by atoms with Crippen LogP contribution < -0.4 is 10.1 Å². The van der Waals surface area contributed by atoms with Crippen molar-refractivity contribution in [1.29, 1.82) is 0 Å². The Bertz CT molecular complexity index is 635. The fraction of sp³-hybridized carbons (Fsp3) is 0.500. The maximum absolute atomic E-state index is 5.57. The van der Waals surface area contributed by atoms with Crippen LogP contribution in [0.3, 0.4) is 0 Å². The van der Waals surface area contributed by atoms with Crippen LogP contribution in [0, 0.1) is 0 Å². The molecule has 1 heterocycles. The van der Waals surface area contributed by atoms with Crippen molar-refractivity contribution in [2.45, 2.75) is 32.2 Å². The molecule has 0 aromatic heterocycles. The largest absolute Gasteiger partial charge is 0.496 e. The number of fused-ring (bicyclic) bond motifs is 1. The summed E-state index contributed by atoms with van der Waals surface area (Å²) in [4.78, 5) is 2.65. The summed E-state index contributed by atoms with van der Waals surface area (Å²) in [5, 5.41) is 6.04. The molecule has 0 aliphatic carbocycles. The number of rotatable bonds is 6. The smallest absolute Gasteiger partial charge is 0.126 e. The number of piperazine rings is 1. The molecule has 0 radical (unpaired) electrons. The second-order valence-corrected chi connectivity index (χ2v) is 6.35. The fourth-order valence-corrected chi connectivity index (χ4v) is 3.69. The van der Waals surface area contributed by atoms with E-state index in [1.165, 1.54) is 35.6 Å². The van der Waals surface area contributed by atoms with E-state index in [1.54, 1.807) is 7.11 Å². The lowest BCUT2D eigenvalue weighted by atomic mass is 9.93. The molecule has 2 aromatic carbocycles. The van der Waals surface area contributed by atoms with Crippen LogP contribution in [0.5, 0.6) is 5.75 Å². The molecule has 1 aliphatic heterocycles. The van der Waals surface area contributed by atoms with Gasteiger partial charge in [0.15, 0.2) is 0 Å². The number of ether oxygens (including phenoxy) is 1. The quantitative estimate of drug-likeness (QED) is 0.873. The van der Waals surface area contributed by atoms with Gasteiger partial charge in [-0.3, -0.25) is 4.90 Å². The van der Waals surface area contributed by atoms with Crippen molar-refractivity contribution < 1.29 is 4.74 Å². The van der Waals surface area contributed by atoms with Gasteiger partial charge in [-0.1, -0.05) is 50.1 Å². The van der Waals surface area contributed by atoms with Crippen molar-refractivity contribution >= 4 is 10.8 Å². The molecule has 1 fully saturated rings.